The maximum absolute atomic E-state index is 11.8. The predicted molar refractivity (Wildman–Crippen MR) is 94.7 cm³/mol. The number of ether oxygens (including phenoxy) is 1. The van der Waals surface area contributed by atoms with Gasteiger partial charge in [-0.1, -0.05) is 30.3 Å². The van der Waals surface area contributed by atoms with E-state index in [1.54, 1.807) is 0 Å². The predicted octanol–water partition coefficient (Wildman–Crippen LogP) is 3.29. The first-order valence-electron chi connectivity index (χ1n) is 8.80. The molecular weight excluding hydrogens is 302 g/mol. The van der Waals surface area contributed by atoms with Crippen molar-refractivity contribution in [1.29, 1.82) is 0 Å². The molecule has 0 aromatic heterocycles. The summed E-state index contributed by atoms with van der Waals surface area (Å²) >= 11 is 0. The lowest BCUT2D eigenvalue weighted by Crippen LogP contribution is -2.47. The third-order valence-electron chi connectivity index (χ3n) is 4.29. The molecule has 1 aromatic rings. The van der Waals surface area contributed by atoms with Crippen molar-refractivity contribution in [2.45, 2.75) is 70.6 Å². The number of nitrogens with one attached hydrogen (secondary N) is 1. The van der Waals surface area contributed by atoms with E-state index < -0.39 is 0 Å². The third-order valence-corrected chi connectivity index (χ3v) is 4.29. The van der Waals surface area contributed by atoms with Gasteiger partial charge in [-0.25, -0.2) is 0 Å². The van der Waals surface area contributed by atoms with Gasteiger partial charge >= 0.3 is 0 Å². The summed E-state index contributed by atoms with van der Waals surface area (Å²) < 4.78 is 4.55. The maximum Gasteiger partial charge on any atom is 0.293 e. The number of benzene rings is 1. The van der Waals surface area contributed by atoms with Crippen molar-refractivity contribution in [3.63, 3.8) is 0 Å². The molecule has 1 N–H and O–H groups in total. The molecule has 2 fully saturated rings. The van der Waals surface area contributed by atoms with Crippen molar-refractivity contribution < 1.29 is 14.3 Å². The van der Waals surface area contributed by atoms with Gasteiger partial charge in [0.2, 0.25) is 0 Å². The zero-order valence-electron chi connectivity index (χ0n) is 15.0. The lowest BCUT2D eigenvalue weighted by atomic mass is 9.91. The normalized spacial score (nSPS) is 23.9. The van der Waals surface area contributed by atoms with Gasteiger partial charge in [0.05, 0.1) is 0 Å². The lowest BCUT2D eigenvalue weighted by Gasteiger charge is -2.30. The highest BCUT2D eigenvalue weighted by Gasteiger charge is 2.37. The Morgan fingerprint density at radius 1 is 1.17 bits per heavy atom. The van der Waals surface area contributed by atoms with Gasteiger partial charge in [0, 0.05) is 24.9 Å². The molecule has 4 heteroatoms. The Morgan fingerprint density at radius 2 is 1.83 bits per heavy atom. The van der Waals surface area contributed by atoms with Crippen LogP contribution in [-0.2, 0) is 20.7 Å². The van der Waals surface area contributed by atoms with Gasteiger partial charge in [-0.2, -0.15) is 0 Å². The molecule has 0 spiro atoms. The fraction of sp³-hybridized carbons (Fsp3) is 0.600. The molecule has 132 valence electrons. The number of hydrogen-bond acceptors (Lipinski definition) is 4. The highest BCUT2D eigenvalue weighted by Crippen LogP contribution is 2.36. The van der Waals surface area contributed by atoms with Crippen LogP contribution in [-0.4, -0.2) is 29.9 Å². The second kappa shape index (κ2) is 8.43. The SMILES string of the molecule is CC(C)(C)OC=O.O=C1CC(Cc2ccccc2)NC(C2CC2)C1. The van der Waals surface area contributed by atoms with Gasteiger partial charge in [0.1, 0.15) is 11.4 Å². The average molecular weight is 331 g/mol. The van der Waals surface area contributed by atoms with Crippen LogP contribution in [0, 0.1) is 5.92 Å². The van der Waals surface area contributed by atoms with Crippen LogP contribution in [0.3, 0.4) is 0 Å². The van der Waals surface area contributed by atoms with Crippen molar-refractivity contribution >= 4 is 12.3 Å². The van der Waals surface area contributed by atoms with Crippen molar-refractivity contribution in [3.05, 3.63) is 35.9 Å². The number of hydrogen-bond donors (Lipinski definition) is 1. The second-order valence-electron chi connectivity index (χ2n) is 7.77. The van der Waals surface area contributed by atoms with Crippen LogP contribution in [0.1, 0.15) is 52.0 Å². The van der Waals surface area contributed by atoms with E-state index in [2.05, 4.69) is 34.3 Å². The Kier molecular flexibility index (Phi) is 6.55. The second-order valence-corrected chi connectivity index (χ2v) is 7.77. The highest BCUT2D eigenvalue weighted by atomic mass is 16.5. The number of piperidine rings is 1. The van der Waals surface area contributed by atoms with E-state index in [1.165, 1.54) is 18.4 Å². The monoisotopic (exact) mass is 331 g/mol. The number of carbonyl (C=O) groups is 2. The fourth-order valence-electron chi connectivity index (χ4n) is 3.00. The molecule has 1 heterocycles. The first kappa shape index (κ1) is 18.7. The number of Topliss-reactive ketones (excluding diaryl/α,β-unsaturated/α-hetero) is 1. The quantitative estimate of drug-likeness (QED) is 0.860. The molecule has 0 bridgehead atoms. The Balaban J connectivity index is 0.000000256. The smallest absolute Gasteiger partial charge is 0.293 e. The van der Waals surface area contributed by atoms with E-state index in [9.17, 15) is 9.59 Å². The molecule has 0 radical (unpaired) electrons. The summed E-state index contributed by atoms with van der Waals surface area (Å²) in [6.45, 7) is 5.92. The van der Waals surface area contributed by atoms with Gasteiger partial charge in [0.25, 0.3) is 6.47 Å². The van der Waals surface area contributed by atoms with Crippen molar-refractivity contribution in [2.24, 2.45) is 5.92 Å². The maximum atomic E-state index is 11.8. The summed E-state index contributed by atoms with van der Waals surface area (Å²) in [4.78, 5) is 21.4. The summed E-state index contributed by atoms with van der Waals surface area (Å²) in [5.41, 5.74) is 1.01. The average Bonchev–Trinajstić information content (AvgIpc) is 3.31. The van der Waals surface area contributed by atoms with Crippen LogP contribution in [0.2, 0.25) is 0 Å². The molecule has 1 saturated carbocycles. The van der Waals surface area contributed by atoms with Crippen LogP contribution >= 0.6 is 0 Å². The summed E-state index contributed by atoms with van der Waals surface area (Å²) in [5, 5.41) is 3.67. The lowest BCUT2D eigenvalue weighted by molar-refractivity contribution is -0.138. The minimum atomic E-state index is -0.318. The zero-order chi connectivity index (χ0) is 17.6. The molecule has 3 rings (SSSR count). The van der Waals surface area contributed by atoms with Gasteiger partial charge < -0.3 is 10.1 Å². The highest BCUT2D eigenvalue weighted by molar-refractivity contribution is 5.80. The summed E-state index contributed by atoms with van der Waals surface area (Å²) in [6.07, 6.45) is 5.07. The van der Waals surface area contributed by atoms with Gasteiger partial charge in [0.15, 0.2) is 0 Å². The summed E-state index contributed by atoms with van der Waals surface area (Å²) in [7, 11) is 0. The van der Waals surface area contributed by atoms with E-state index in [-0.39, 0.29) is 5.60 Å². The van der Waals surface area contributed by atoms with Crippen LogP contribution in [0.4, 0.5) is 0 Å². The van der Waals surface area contributed by atoms with Crippen molar-refractivity contribution in [2.75, 3.05) is 0 Å². The molecule has 1 aliphatic heterocycles. The van der Waals surface area contributed by atoms with Crippen molar-refractivity contribution in [3.8, 4) is 0 Å². The number of ketones is 1. The Morgan fingerprint density at radius 3 is 2.33 bits per heavy atom. The molecular formula is C20H29NO3. The molecule has 4 nitrogen and oxygen atoms in total. The summed E-state index contributed by atoms with van der Waals surface area (Å²) in [5.74, 6) is 1.22. The zero-order valence-corrected chi connectivity index (χ0v) is 15.0. The van der Waals surface area contributed by atoms with Gasteiger partial charge in [-0.05, 0) is 51.5 Å². The Hall–Kier alpha value is -1.68. The van der Waals surface area contributed by atoms with E-state index in [1.807, 2.05) is 26.8 Å². The first-order chi connectivity index (χ1) is 11.4. The van der Waals surface area contributed by atoms with Gasteiger partial charge in [-0.15, -0.1) is 0 Å². The van der Waals surface area contributed by atoms with E-state index in [4.69, 9.17) is 0 Å². The molecule has 2 atom stereocenters. The molecule has 1 saturated heterocycles. The van der Waals surface area contributed by atoms with E-state index in [0.717, 1.165) is 18.8 Å². The van der Waals surface area contributed by atoms with Crippen LogP contribution in [0.15, 0.2) is 30.3 Å². The fourth-order valence-corrected chi connectivity index (χ4v) is 3.00. The molecule has 0 amide bonds. The molecule has 24 heavy (non-hydrogen) atoms. The Bertz CT molecular complexity index is 532. The molecule has 2 unspecified atom stereocenters. The first-order valence-corrected chi connectivity index (χ1v) is 8.80. The van der Waals surface area contributed by atoms with E-state index >= 15 is 0 Å². The molecule has 1 aromatic carbocycles. The standard InChI is InChI=1S/C15H19NO.C5H10O2/c17-14-9-13(8-11-4-2-1-3-5-11)16-15(10-14)12-6-7-12;1-5(2,3)7-4-6/h1-5,12-13,15-16H,6-10H2;4H,1-3H3. The molecule has 2 aliphatic rings. The van der Waals surface area contributed by atoms with Crippen LogP contribution < -0.4 is 5.32 Å². The van der Waals surface area contributed by atoms with Crippen LogP contribution in [0.25, 0.3) is 0 Å². The number of rotatable bonds is 4. The minimum absolute atomic E-state index is 0.318. The molecule has 1 aliphatic carbocycles. The van der Waals surface area contributed by atoms with Crippen molar-refractivity contribution in [1.82, 2.24) is 5.32 Å². The summed E-state index contributed by atoms with van der Waals surface area (Å²) in [6, 6.07) is 11.3. The van der Waals surface area contributed by atoms with Crippen LogP contribution in [0.5, 0.6) is 0 Å². The van der Waals surface area contributed by atoms with E-state index in [0.29, 0.717) is 30.8 Å². The third kappa shape index (κ3) is 6.83. The Labute approximate surface area is 145 Å². The largest absolute Gasteiger partial charge is 0.462 e. The topological polar surface area (TPSA) is 55.4 Å². The number of carbonyl (C=O) groups excluding carboxylic acids is 2. The van der Waals surface area contributed by atoms with Gasteiger partial charge in [-0.3, -0.25) is 9.59 Å². The minimum Gasteiger partial charge on any atom is -0.462 e.